The Bertz CT molecular complexity index is 489. The zero-order valence-corrected chi connectivity index (χ0v) is 9.86. The molecule has 0 saturated carbocycles. The number of carbonyl (C=O) groups excluding carboxylic acids is 1. The topological polar surface area (TPSA) is 45.3 Å². The van der Waals surface area contributed by atoms with Crippen LogP contribution in [0.4, 0.5) is 0 Å². The first-order chi connectivity index (χ1) is 8.20. The predicted octanol–water partition coefficient (Wildman–Crippen LogP) is 2.22. The summed E-state index contributed by atoms with van der Waals surface area (Å²) in [6.45, 7) is 1.89. The summed E-state index contributed by atoms with van der Waals surface area (Å²) in [5, 5.41) is 0.0928. The molecule has 1 atom stereocenters. The summed E-state index contributed by atoms with van der Waals surface area (Å²) in [7, 11) is 0. The fraction of sp³-hybridized carbons (Fsp3) is 0.214. The molecular weight excluding hydrogens is 212 g/mol. The lowest BCUT2D eigenvalue weighted by Gasteiger charge is -2.21. The molecule has 0 saturated heterocycles. The number of quaternary nitrogens is 1. The van der Waals surface area contributed by atoms with Gasteiger partial charge in [-0.2, -0.15) is 0 Å². The van der Waals surface area contributed by atoms with Crippen LogP contribution in [0.25, 0.3) is 5.84 Å². The number of aryl methyl sites for hydroxylation is 1. The molecule has 0 heterocycles. The van der Waals surface area contributed by atoms with E-state index in [9.17, 15) is 4.79 Å². The number of nitrogens with one attached hydrogen (secondary N) is 2. The molecule has 0 bridgehead atoms. The number of hydrogen-bond acceptors (Lipinski definition) is 1. The standard InChI is InChI=1S/C14H16N2O/c1-11-7-5-6-10-13(11)14(17)16(15)12-8-3-2-4-9-12/h3,5-10,15-16H,2,4H2,1H3. The third kappa shape index (κ3) is 2.52. The van der Waals surface area contributed by atoms with Gasteiger partial charge in [-0.15, -0.1) is 0 Å². The van der Waals surface area contributed by atoms with Crippen molar-refractivity contribution in [2.75, 3.05) is 0 Å². The number of allylic oxidation sites excluding steroid dienone is 3. The summed E-state index contributed by atoms with van der Waals surface area (Å²) in [6, 6.07) is 7.40. The molecule has 0 radical (unpaired) electrons. The Hall–Kier alpha value is -1.71. The molecule has 1 amide bonds. The van der Waals surface area contributed by atoms with Gasteiger partial charge in [0.1, 0.15) is 5.70 Å². The maximum Gasteiger partial charge on any atom is 0.339 e. The van der Waals surface area contributed by atoms with Gasteiger partial charge in [0.15, 0.2) is 0 Å². The van der Waals surface area contributed by atoms with E-state index in [4.69, 9.17) is 5.84 Å². The van der Waals surface area contributed by atoms with E-state index >= 15 is 0 Å². The van der Waals surface area contributed by atoms with E-state index in [1.54, 1.807) is 6.07 Å². The fourth-order valence-electron chi connectivity index (χ4n) is 1.89. The van der Waals surface area contributed by atoms with Gasteiger partial charge in [0, 0.05) is 0 Å². The predicted molar refractivity (Wildman–Crippen MR) is 67.3 cm³/mol. The number of rotatable bonds is 2. The molecule has 0 spiro atoms. The Morgan fingerprint density at radius 1 is 1.29 bits per heavy atom. The molecule has 1 unspecified atom stereocenters. The molecule has 1 aromatic rings. The zero-order valence-electron chi connectivity index (χ0n) is 9.86. The normalized spacial score (nSPS) is 16.5. The molecule has 0 aliphatic heterocycles. The lowest BCUT2D eigenvalue weighted by Crippen LogP contribution is -3.06. The van der Waals surface area contributed by atoms with Crippen LogP contribution >= 0.6 is 0 Å². The number of carbonyl (C=O) groups is 1. The first-order valence-electron chi connectivity index (χ1n) is 5.76. The van der Waals surface area contributed by atoms with Crippen LogP contribution in [0.5, 0.6) is 0 Å². The Balaban J connectivity index is 2.23. The summed E-state index contributed by atoms with van der Waals surface area (Å²) in [5.41, 5.74) is 2.28. The van der Waals surface area contributed by atoms with E-state index in [1.165, 1.54) is 0 Å². The molecule has 2 rings (SSSR count). The smallest absolute Gasteiger partial charge is 0.339 e. The highest BCUT2D eigenvalue weighted by Crippen LogP contribution is 2.08. The average Bonchev–Trinajstić information content (AvgIpc) is 2.39. The van der Waals surface area contributed by atoms with Gasteiger partial charge in [-0.25, -0.2) is 4.79 Å². The first-order valence-corrected chi connectivity index (χ1v) is 5.76. The quantitative estimate of drug-likeness (QED) is 0.775. The second-order valence-corrected chi connectivity index (χ2v) is 4.16. The zero-order chi connectivity index (χ0) is 12.3. The summed E-state index contributed by atoms with van der Waals surface area (Å²) < 4.78 is 0. The molecule has 1 aromatic carbocycles. The van der Waals surface area contributed by atoms with Crippen LogP contribution in [0.1, 0.15) is 28.8 Å². The fourth-order valence-corrected chi connectivity index (χ4v) is 1.89. The number of benzene rings is 1. The maximum atomic E-state index is 12.2. The first kappa shape index (κ1) is 11.8. The van der Waals surface area contributed by atoms with Crippen LogP contribution in [-0.4, -0.2) is 5.91 Å². The Morgan fingerprint density at radius 2 is 2.06 bits per heavy atom. The van der Waals surface area contributed by atoms with Crippen LogP contribution in [0.15, 0.2) is 48.2 Å². The monoisotopic (exact) mass is 228 g/mol. The minimum Gasteiger partial charge on any atom is -0.456 e. The SMILES string of the molecule is Cc1ccccc1C(=O)[NH+]([NH-])C1=CCCC=C1. The van der Waals surface area contributed by atoms with Crippen LogP contribution in [-0.2, 0) is 0 Å². The summed E-state index contributed by atoms with van der Waals surface area (Å²) in [5.74, 6) is 7.76. The van der Waals surface area contributed by atoms with E-state index in [-0.39, 0.29) is 10.9 Å². The average molecular weight is 228 g/mol. The third-order valence-corrected chi connectivity index (χ3v) is 2.90. The minimum atomic E-state index is -0.194. The highest BCUT2D eigenvalue weighted by atomic mass is 16.2. The van der Waals surface area contributed by atoms with Gasteiger partial charge in [-0.05, 0) is 43.5 Å². The van der Waals surface area contributed by atoms with Gasteiger partial charge < -0.3 is 10.9 Å². The highest BCUT2D eigenvalue weighted by molar-refractivity contribution is 5.89. The second kappa shape index (κ2) is 5.08. The van der Waals surface area contributed by atoms with Crippen molar-refractivity contribution in [3.8, 4) is 0 Å². The van der Waals surface area contributed by atoms with Gasteiger partial charge in [0.05, 0.1) is 5.56 Å². The Labute approximate surface area is 101 Å². The number of hydrogen-bond donors (Lipinski definition) is 1. The molecule has 0 aromatic heterocycles. The molecule has 3 nitrogen and oxygen atoms in total. The summed E-state index contributed by atoms with van der Waals surface area (Å²) in [6.07, 6.45) is 7.74. The maximum absolute atomic E-state index is 12.2. The van der Waals surface area contributed by atoms with Crippen LogP contribution in [0, 0.1) is 6.92 Å². The van der Waals surface area contributed by atoms with Crippen LogP contribution in [0.3, 0.4) is 0 Å². The summed E-state index contributed by atoms with van der Waals surface area (Å²) in [4.78, 5) is 12.2. The lowest BCUT2D eigenvalue weighted by atomic mass is 10.1. The van der Waals surface area contributed by atoms with Crippen molar-refractivity contribution in [2.45, 2.75) is 19.8 Å². The van der Waals surface area contributed by atoms with Crippen molar-refractivity contribution in [2.24, 2.45) is 0 Å². The molecule has 17 heavy (non-hydrogen) atoms. The van der Waals surface area contributed by atoms with Crippen LogP contribution < -0.4 is 5.01 Å². The van der Waals surface area contributed by atoms with E-state index in [0.29, 0.717) is 5.56 Å². The van der Waals surface area contributed by atoms with E-state index < -0.39 is 0 Å². The third-order valence-electron chi connectivity index (χ3n) is 2.90. The molecule has 2 N–H and O–H groups in total. The van der Waals surface area contributed by atoms with Crippen molar-refractivity contribution in [3.63, 3.8) is 0 Å². The largest absolute Gasteiger partial charge is 0.456 e. The van der Waals surface area contributed by atoms with Crippen molar-refractivity contribution in [1.29, 1.82) is 0 Å². The van der Waals surface area contributed by atoms with Crippen LogP contribution in [0.2, 0.25) is 0 Å². The highest BCUT2D eigenvalue weighted by Gasteiger charge is 2.18. The van der Waals surface area contributed by atoms with Crippen molar-refractivity contribution in [3.05, 3.63) is 65.2 Å². The van der Waals surface area contributed by atoms with Gasteiger partial charge >= 0.3 is 5.91 Å². The van der Waals surface area contributed by atoms with Crippen molar-refractivity contribution in [1.82, 2.24) is 0 Å². The summed E-state index contributed by atoms with van der Waals surface area (Å²) >= 11 is 0. The lowest BCUT2D eigenvalue weighted by molar-refractivity contribution is -0.708. The van der Waals surface area contributed by atoms with Gasteiger partial charge in [0.25, 0.3) is 0 Å². The van der Waals surface area contributed by atoms with Crippen molar-refractivity contribution >= 4 is 5.91 Å². The number of amides is 1. The minimum absolute atomic E-state index is 0.0928. The molecule has 1 aliphatic carbocycles. The molecule has 88 valence electrons. The second-order valence-electron chi connectivity index (χ2n) is 4.16. The molecule has 0 fully saturated rings. The Kier molecular flexibility index (Phi) is 3.52. The molecule has 1 aliphatic rings. The van der Waals surface area contributed by atoms with Gasteiger partial charge in [-0.1, -0.05) is 24.3 Å². The Morgan fingerprint density at radius 3 is 2.71 bits per heavy atom. The van der Waals surface area contributed by atoms with Gasteiger partial charge in [0.2, 0.25) is 0 Å². The van der Waals surface area contributed by atoms with Gasteiger partial charge in [-0.3, -0.25) is 0 Å². The van der Waals surface area contributed by atoms with Crippen molar-refractivity contribution < 1.29 is 9.80 Å². The van der Waals surface area contributed by atoms with E-state index in [1.807, 2.05) is 43.4 Å². The molecule has 3 heteroatoms. The van der Waals surface area contributed by atoms with E-state index in [2.05, 4.69) is 0 Å². The van der Waals surface area contributed by atoms with E-state index in [0.717, 1.165) is 24.1 Å². The molecular formula is C14H16N2O.